The van der Waals surface area contributed by atoms with E-state index in [2.05, 4.69) is 17.1 Å². The van der Waals surface area contributed by atoms with E-state index in [9.17, 15) is 4.79 Å². The lowest BCUT2D eigenvalue weighted by Gasteiger charge is -2.32. The molecule has 0 aliphatic carbocycles. The molecule has 4 aromatic rings. The van der Waals surface area contributed by atoms with Crippen LogP contribution in [0.5, 0.6) is 11.5 Å². The Balaban J connectivity index is 1.26. The van der Waals surface area contributed by atoms with Gasteiger partial charge in [0.05, 0.1) is 31.3 Å². The van der Waals surface area contributed by atoms with Crippen LogP contribution in [0, 0.1) is 0 Å². The zero-order valence-corrected chi connectivity index (χ0v) is 20.8. The number of piperidine rings is 1. The van der Waals surface area contributed by atoms with Gasteiger partial charge in [-0.25, -0.2) is 4.98 Å². The number of aromatic amines is 1. The topological polar surface area (TPSA) is 93.5 Å². The van der Waals surface area contributed by atoms with Gasteiger partial charge in [-0.05, 0) is 59.7 Å². The summed E-state index contributed by atoms with van der Waals surface area (Å²) in [5, 5.41) is 2.02. The summed E-state index contributed by atoms with van der Waals surface area (Å²) in [4.78, 5) is 24.3. The number of carbonyl (C=O) groups excluding carboxylic acids is 1. The standard InChI is InChI=1S/C27H30N4O3S/c1-33-24-8-6-19(15-25(24)34-2)18-5-7-22-23(14-18)30-26(29-22)17-9-11-31(12-10-17)27(32)21(28)16-20-4-3-13-35-20/h3-8,13-15,17,21H,9-12,16,28H2,1-2H3,(H,29,30)/t21-/m0/s1. The second-order valence-corrected chi connectivity index (χ2v) is 9.95. The molecule has 1 atom stereocenters. The van der Waals surface area contributed by atoms with Crippen molar-refractivity contribution >= 4 is 28.3 Å². The van der Waals surface area contributed by atoms with E-state index in [0.29, 0.717) is 36.9 Å². The zero-order chi connectivity index (χ0) is 24.4. The van der Waals surface area contributed by atoms with Gasteiger partial charge < -0.3 is 25.1 Å². The van der Waals surface area contributed by atoms with Gasteiger partial charge in [0.15, 0.2) is 11.5 Å². The molecule has 1 fully saturated rings. The summed E-state index contributed by atoms with van der Waals surface area (Å²) < 4.78 is 10.8. The van der Waals surface area contributed by atoms with Crippen molar-refractivity contribution in [2.45, 2.75) is 31.2 Å². The predicted molar refractivity (Wildman–Crippen MR) is 139 cm³/mol. The third-order valence-corrected chi connectivity index (χ3v) is 7.63. The molecule has 1 aliphatic rings. The molecule has 35 heavy (non-hydrogen) atoms. The molecule has 3 N–H and O–H groups in total. The number of nitrogens with one attached hydrogen (secondary N) is 1. The third kappa shape index (κ3) is 4.90. The Hall–Kier alpha value is -3.36. The van der Waals surface area contributed by atoms with Gasteiger partial charge >= 0.3 is 0 Å². The highest BCUT2D eigenvalue weighted by molar-refractivity contribution is 7.09. The van der Waals surface area contributed by atoms with E-state index >= 15 is 0 Å². The van der Waals surface area contributed by atoms with Crippen LogP contribution >= 0.6 is 11.3 Å². The number of aromatic nitrogens is 2. The number of benzene rings is 2. The van der Waals surface area contributed by atoms with Crippen molar-refractivity contribution in [3.05, 3.63) is 64.6 Å². The van der Waals surface area contributed by atoms with Gasteiger partial charge in [0.1, 0.15) is 5.82 Å². The Morgan fingerprint density at radius 1 is 1.11 bits per heavy atom. The Labute approximate surface area is 208 Å². The van der Waals surface area contributed by atoms with Crippen molar-refractivity contribution in [2.24, 2.45) is 5.73 Å². The Morgan fingerprint density at radius 2 is 1.86 bits per heavy atom. The molecule has 182 valence electrons. The van der Waals surface area contributed by atoms with Gasteiger partial charge in [0, 0.05) is 30.3 Å². The lowest BCUT2D eigenvalue weighted by molar-refractivity contribution is -0.133. The number of rotatable bonds is 7. The summed E-state index contributed by atoms with van der Waals surface area (Å²) >= 11 is 1.64. The smallest absolute Gasteiger partial charge is 0.239 e. The number of carbonyl (C=O) groups is 1. The molecule has 8 heteroatoms. The van der Waals surface area contributed by atoms with Gasteiger partial charge in [-0.3, -0.25) is 4.79 Å². The molecule has 1 amide bonds. The fourth-order valence-corrected chi connectivity index (χ4v) is 5.52. The van der Waals surface area contributed by atoms with Crippen molar-refractivity contribution in [3.8, 4) is 22.6 Å². The number of nitrogens with two attached hydrogens (primary N) is 1. The number of hydrogen-bond donors (Lipinski definition) is 2. The van der Waals surface area contributed by atoms with Crippen LogP contribution in [0.2, 0.25) is 0 Å². The number of likely N-dealkylation sites (tertiary alicyclic amines) is 1. The quantitative estimate of drug-likeness (QED) is 0.395. The van der Waals surface area contributed by atoms with Crippen molar-refractivity contribution in [3.63, 3.8) is 0 Å². The molecule has 2 aromatic heterocycles. The number of methoxy groups -OCH3 is 2. The van der Waals surface area contributed by atoms with Crippen molar-refractivity contribution in [1.82, 2.24) is 14.9 Å². The molecule has 0 spiro atoms. The van der Waals surface area contributed by atoms with Crippen LogP contribution in [-0.2, 0) is 11.2 Å². The number of imidazole rings is 1. The normalized spacial score (nSPS) is 15.3. The Kier molecular flexibility index (Phi) is 6.74. The fourth-order valence-electron chi connectivity index (χ4n) is 4.76. The fraction of sp³-hybridized carbons (Fsp3) is 0.333. The first-order valence-corrected chi connectivity index (χ1v) is 12.7. The molecular formula is C27H30N4O3S. The maximum absolute atomic E-state index is 12.8. The second kappa shape index (κ2) is 10.1. The number of H-pyrrole nitrogens is 1. The SMILES string of the molecule is COc1ccc(-c2ccc3nc(C4CCN(C(=O)[C@@H](N)Cc5cccs5)CC4)[nH]c3c2)cc1OC. The van der Waals surface area contributed by atoms with E-state index < -0.39 is 6.04 Å². The van der Waals surface area contributed by atoms with E-state index in [4.69, 9.17) is 20.2 Å². The summed E-state index contributed by atoms with van der Waals surface area (Å²) in [6.45, 7) is 1.41. The van der Waals surface area contributed by atoms with Gasteiger partial charge in [-0.2, -0.15) is 0 Å². The monoisotopic (exact) mass is 490 g/mol. The lowest BCUT2D eigenvalue weighted by Crippen LogP contribution is -2.47. The average molecular weight is 491 g/mol. The number of nitrogens with zero attached hydrogens (tertiary/aromatic N) is 2. The van der Waals surface area contributed by atoms with Gasteiger partial charge in [-0.15, -0.1) is 11.3 Å². The molecule has 2 aromatic carbocycles. The number of fused-ring (bicyclic) bond motifs is 1. The highest BCUT2D eigenvalue weighted by Crippen LogP contribution is 2.34. The van der Waals surface area contributed by atoms with E-state index in [0.717, 1.165) is 45.7 Å². The minimum atomic E-state index is -0.480. The highest BCUT2D eigenvalue weighted by Gasteiger charge is 2.28. The molecule has 1 aliphatic heterocycles. The van der Waals surface area contributed by atoms with E-state index in [1.54, 1.807) is 25.6 Å². The van der Waals surface area contributed by atoms with Crippen LogP contribution in [0.4, 0.5) is 0 Å². The molecule has 0 unspecified atom stereocenters. The average Bonchev–Trinajstić information content (AvgIpc) is 3.57. The van der Waals surface area contributed by atoms with E-state index in [1.807, 2.05) is 46.7 Å². The molecule has 0 bridgehead atoms. The first kappa shape index (κ1) is 23.4. The summed E-state index contributed by atoms with van der Waals surface area (Å²) in [6, 6.07) is 15.7. The van der Waals surface area contributed by atoms with Crippen LogP contribution in [-0.4, -0.2) is 54.1 Å². The minimum Gasteiger partial charge on any atom is -0.493 e. The largest absolute Gasteiger partial charge is 0.493 e. The molecule has 7 nitrogen and oxygen atoms in total. The molecule has 0 saturated carbocycles. The first-order chi connectivity index (χ1) is 17.1. The van der Waals surface area contributed by atoms with Crippen molar-refractivity contribution in [2.75, 3.05) is 27.3 Å². The van der Waals surface area contributed by atoms with E-state index in [-0.39, 0.29) is 5.91 Å². The molecule has 5 rings (SSSR count). The summed E-state index contributed by atoms with van der Waals surface area (Å²) in [5.74, 6) is 2.73. The van der Waals surface area contributed by atoms with Crippen LogP contribution in [0.15, 0.2) is 53.9 Å². The zero-order valence-electron chi connectivity index (χ0n) is 20.0. The lowest BCUT2D eigenvalue weighted by atomic mass is 9.95. The first-order valence-electron chi connectivity index (χ1n) is 11.8. The van der Waals surface area contributed by atoms with Crippen molar-refractivity contribution < 1.29 is 14.3 Å². The molecular weight excluding hydrogens is 460 g/mol. The van der Waals surface area contributed by atoms with Crippen LogP contribution in [0.1, 0.15) is 29.5 Å². The van der Waals surface area contributed by atoms with Crippen LogP contribution in [0.25, 0.3) is 22.2 Å². The van der Waals surface area contributed by atoms with Crippen molar-refractivity contribution in [1.29, 1.82) is 0 Å². The Bertz CT molecular complexity index is 1310. The highest BCUT2D eigenvalue weighted by atomic mass is 32.1. The molecule has 0 radical (unpaired) electrons. The number of hydrogen-bond acceptors (Lipinski definition) is 6. The number of ether oxygens (including phenoxy) is 2. The number of amides is 1. The maximum atomic E-state index is 12.8. The second-order valence-electron chi connectivity index (χ2n) is 8.91. The summed E-state index contributed by atoms with van der Waals surface area (Å²) in [6.07, 6.45) is 2.35. The molecule has 1 saturated heterocycles. The summed E-state index contributed by atoms with van der Waals surface area (Å²) in [5.41, 5.74) is 10.3. The van der Waals surface area contributed by atoms with Gasteiger partial charge in [-0.1, -0.05) is 18.2 Å². The molecule has 3 heterocycles. The van der Waals surface area contributed by atoms with Gasteiger partial charge in [0.2, 0.25) is 5.91 Å². The van der Waals surface area contributed by atoms with Gasteiger partial charge in [0.25, 0.3) is 0 Å². The van der Waals surface area contributed by atoms with Crippen LogP contribution < -0.4 is 15.2 Å². The number of thiophene rings is 1. The third-order valence-electron chi connectivity index (χ3n) is 6.73. The van der Waals surface area contributed by atoms with Crippen LogP contribution in [0.3, 0.4) is 0 Å². The Morgan fingerprint density at radius 3 is 2.57 bits per heavy atom. The predicted octanol–water partition coefficient (Wildman–Crippen LogP) is 4.58. The minimum absolute atomic E-state index is 0.0426. The summed E-state index contributed by atoms with van der Waals surface area (Å²) in [7, 11) is 3.28. The maximum Gasteiger partial charge on any atom is 0.239 e. The van der Waals surface area contributed by atoms with E-state index in [1.165, 1.54) is 0 Å².